The molecule has 5 heteroatoms. The summed E-state index contributed by atoms with van der Waals surface area (Å²) in [6.45, 7) is 5.44. The van der Waals surface area contributed by atoms with E-state index in [4.69, 9.17) is 10.5 Å². The van der Waals surface area contributed by atoms with E-state index in [0.717, 1.165) is 16.9 Å². The number of thiophene rings is 1. The van der Waals surface area contributed by atoms with Crippen molar-refractivity contribution in [2.45, 2.75) is 33.3 Å². The fourth-order valence-electron chi connectivity index (χ4n) is 1.25. The van der Waals surface area contributed by atoms with Gasteiger partial charge in [0.25, 0.3) is 5.91 Å². The molecule has 0 unspecified atom stereocenters. The molecule has 0 saturated carbocycles. The normalized spacial score (nSPS) is 12.2. The molecule has 0 aliphatic heterocycles. The van der Waals surface area contributed by atoms with E-state index < -0.39 is 18.0 Å². The lowest BCUT2D eigenvalue weighted by Gasteiger charge is -2.07. The first-order valence-corrected chi connectivity index (χ1v) is 5.87. The minimum Gasteiger partial charge on any atom is -0.448 e. The molecule has 1 aromatic heterocycles. The zero-order valence-corrected chi connectivity index (χ0v) is 10.4. The number of primary amides is 1. The van der Waals surface area contributed by atoms with Crippen LogP contribution in [0.3, 0.4) is 0 Å². The first-order chi connectivity index (χ1) is 7.45. The first kappa shape index (κ1) is 12.7. The van der Waals surface area contributed by atoms with Crippen molar-refractivity contribution in [2.75, 3.05) is 0 Å². The fourth-order valence-corrected chi connectivity index (χ4v) is 2.24. The zero-order valence-electron chi connectivity index (χ0n) is 9.57. The summed E-state index contributed by atoms with van der Waals surface area (Å²) >= 11 is 1.37. The second kappa shape index (κ2) is 5.12. The molecule has 0 fully saturated rings. The highest BCUT2D eigenvalue weighted by Gasteiger charge is 2.18. The molecule has 0 saturated heterocycles. The zero-order chi connectivity index (χ0) is 12.3. The average molecular weight is 241 g/mol. The van der Waals surface area contributed by atoms with E-state index >= 15 is 0 Å². The van der Waals surface area contributed by atoms with E-state index in [0.29, 0.717) is 4.88 Å². The lowest BCUT2D eigenvalue weighted by Crippen LogP contribution is -2.30. The van der Waals surface area contributed by atoms with Crippen molar-refractivity contribution in [1.29, 1.82) is 0 Å². The van der Waals surface area contributed by atoms with Gasteiger partial charge < -0.3 is 10.5 Å². The number of hydrogen-bond donors (Lipinski definition) is 1. The van der Waals surface area contributed by atoms with Gasteiger partial charge in [-0.15, -0.1) is 11.3 Å². The van der Waals surface area contributed by atoms with Gasteiger partial charge in [-0.05, 0) is 31.9 Å². The molecule has 0 aliphatic rings. The fraction of sp³-hybridized carbons (Fsp3) is 0.455. The van der Waals surface area contributed by atoms with E-state index in [1.54, 1.807) is 6.07 Å². The van der Waals surface area contributed by atoms with Crippen LogP contribution >= 0.6 is 11.3 Å². The Morgan fingerprint density at radius 1 is 1.56 bits per heavy atom. The van der Waals surface area contributed by atoms with Gasteiger partial charge in [-0.3, -0.25) is 4.79 Å². The molecule has 1 rings (SSSR count). The third-order valence-corrected chi connectivity index (χ3v) is 3.36. The van der Waals surface area contributed by atoms with Crippen molar-refractivity contribution in [3.8, 4) is 0 Å². The highest BCUT2D eigenvalue weighted by atomic mass is 32.1. The Morgan fingerprint density at radius 3 is 2.62 bits per heavy atom. The third-order valence-electron chi connectivity index (χ3n) is 2.29. The molecule has 88 valence electrons. The number of rotatable bonds is 4. The second-order valence-electron chi connectivity index (χ2n) is 3.50. The number of carbonyl (C=O) groups excluding carboxylic acids is 2. The number of hydrogen-bond acceptors (Lipinski definition) is 4. The maximum atomic E-state index is 11.6. The summed E-state index contributed by atoms with van der Waals surface area (Å²) in [6, 6.07) is 1.80. The second-order valence-corrected chi connectivity index (χ2v) is 4.75. The lowest BCUT2D eigenvalue weighted by atomic mass is 10.2. The van der Waals surface area contributed by atoms with Gasteiger partial charge in [0.2, 0.25) is 0 Å². The lowest BCUT2D eigenvalue weighted by molar-refractivity contribution is -0.125. The van der Waals surface area contributed by atoms with Gasteiger partial charge >= 0.3 is 5.97 Å². The Bertz CT molecular complexity index is 411. The quantitative estimate of drug-likeness (QED) is 0.815. The summed E-state index contributed by atoms with van der Waals surface area (Å²) < 4.78 is 4.91. The molecule has 1 atom stereocenters. The maximum absolute atomic E-state index is 11.6. The topological polar surface area (TPSA) is 69.4 Å². The molecular weight excluding hydrogens is 226 g/mol. The molecule has 4 nitrogen and oxygen atoms in total. The molecule has 2 N–H and O–H groups in total. The minimum absolute atomic E-state index is 0.487. The predicted molar refractivity (Wildman–Crippen MR) is 62.5 cm³/mol. The standard InChI is InChI=1S/C11H15NO3S/c1-4-8-5-9(16-7(8)3)11(14)15-6(2)10(12)13/h5-6H,4H2,1-3H3,(H2,12,13)/t6-/m1/s1. The van der Waals surface area contributed by atoms with Crippen LogP contribution in [-0.2, 0) is 16.0 Å². The molecular formula is C11H15NO3S. The van der Waals surface area contributed by atoms with Gasteiger partial charge in [-0.25, -0.2) is 4.79 Å². The van der Waals surface area contributed by atoms with Crippen LogP contribution in [0.15, 0.2) is 6.07 Å². The van der Waals surface area contributed by atoms with Crippen LogP contribution in [0.5, 0.6) is 0 Å². The van der Waals surface area contributed by atoms with E-state index in [2.05, 4.69) is 0 Å². The van der Waals surface area contributed by atoms with E-state index in [9.17, 15) is 9.59 Å². The van der Waals surface area contributed by atoms with Crippen molar-refractivity contribution < 1.29 is 14.3 Å². The van der Waals surface area contributed by atoms with Crippen LogP contribution in [0.1, 0.15) is 34.0 Å². The minimum atomic E-state index is -0.889. The van der Waals surface area contributed by atoms with Gasteiger partial charge in [0.15, 0.2) is 6.10 Å². The highest BCUT2D eigenvalue weighted by Crippen LogP contribution is 2.23. The van der Waals surface area contributed by atoms with Gasteiger partial charge in [-0.1, -0.05) is 6.92 Å². The number of carbonyl (C=O) groups is 2. The van der Waals surface area contributed by atoms with Crippen LogP contribution in [-0.4, -0.2) is 18.0 Å². The van der Waals surface area contributed by atoms with Crippen molar-refractivity contribution in [3.63, 3.8) is 0 Å². The van der Waals surface area contributed by atoms with E-state index in [1.165, 1.54) is 18.3 Å². The van der Waals surface area contributed by atoms with Crippen LogP contribution in [0.2, 0.25) is 0 Å². The predicted octanol–water partition coefficient (Wildman–Crippen LogP) is 1.65. The summed E-state index contributed by atoms with van der Waals surface area (Å²) in [5.41, 5.74) is 6.14. The summed E-state index contributed by atoms with van der Waals surface area (Å²) in [5.74, 6) is -1.13. The number of nitrogens with two attached hydrogens (primary N) is 1. The first-order valence-electron chi connectivity index (χ1n) is 5.05. The summed E-state index contributed by atoms with van der Waals surface area (Å²) in [6.07, 6.45) is -0.0129. The number of esters is 1. The van der Waals surface area contributed by atoms with Crippen LogP contribution in [0, 0.1) is 6.92 Å². The van der Waals surface area contributed by atoms with Crippen LogP contribution in [0.4, 0.5) is 0 Å². The molecule has 0 radical (unpaired) electrons. The van der Waals surface area contributed by atoms with Gasteiger partial charge in [-0.2, -0.15) is 0 Å². The SMILES string of the molecule is CCc1cc(C(=O)O[C@H](C)C(N)=O)sc1C. The van der Waals surface area contributed by atoms with E-state index in [-0.39, 0.29) is 0 Å². The van der Waals surface area contributed by atoms with Gasteiger partial charge in [0.1, 0.15) is 4.88 Å². The largest absolute Gasteiger partial charge is 0.448 e. The monoisotopic (exact) mass is 241 g/mol. The molecule has 1 heterocycles. The summed E-state index contributed by atoms with van der Waals surface area (Å²) in [4.78, 5) is 24.0. The Kier molecular flexibility index (Phi) is 4.06. The Hall–Kier alpha value is -1.36. The molecule has 0 spiro atoms. The van der Waals surface area contributed by atoms with Gasteiger partial charge in [0.05, 0.1) is 0 Å². The van der Waals surface area contributed by atoms with Crippen molar-refractivity contribution in [1.82, 2.24) is 0 Å². The summed E-state index contributed by atoms with van der Waals surface area (Å²) in [5, 5.41) is 0. The molecule has 0 bridgehead atoms. The smallest absolute Gasteiger partial charge is 0.349 e. The van der Waals surface area contributed by atoms with Crippen LogP contribution < -0.4 is 5.73 Å². The average Bonchev–Trinajstić information content (AvgIpc) is 2.59. The van der Waals surface area contributed by atoms with Gasteiger partial charge in [0, 0.05) is 4.88 Å². The third kappa shape index (κ3) is 2.82. The molecule has 0 aromatic carbocycles. The summed E-state index contributed by atoms with van der Waals surface area (Å²) in [7, 11) is 0. The van der Waals surface area contributed by atoms with Crippen molar-refractivity contribution >= 4 is 23.2 Å². The highest BCUT2D eigenvalue weighted by molar-refractivity contribution is 7.14. The number of ether oxygens (including phenoxy) is 1. The maximum Gasteiger partial charge on any atom is 0.349 e. The molecule has 1 amide bonds. The number of amides is 1. The van der Waals surface area contributed by atoms with Crippen molar-refractivity contribution in [2.24, 2.45) is 5.73 Å². The van der Waals surface area contributed by atoms with Crippen LogP contribution in [0.25, 0.3) is 0 Å². The van der Waals surface area contributed by atoms with E-state index in [1.807, 2.05) is 13.8 Å². The Labute approximate surface area is 98.4 Å². The molecule has 16 heavy (non-hydrogen) atoms. The molecule has 1 aromatic rings. The Morgan fingerprint density at radius 2 is 2.19 bits per heavy atom. The Balaban J connectivity index is 2.77. The number of aryl methyl sites for hydroxylation is 2. The molecule has 0 aliphatic carbocycles. The van der Waals surface area contributed by atoms with Crippen molar-refractivity contribution in [3.05, 3.63) is 21.4 Å².